The van der Waals surface area contributed by atoms with E-state index < -0.39 is 0 Å². The van der Waals surface area contributed by atoms with Gasteiger partial charge in [-0.1, -0.05) is 37.1 Å². The Morgan fingerprint density at radius 2 is 2.00 bits per heavy atom. The lowest BCUT2D eigenvalue weighted by Crippen LogP contribution is -2.18. The second kappa shape index (κ2) is 4.27. The summed E-state index contributed by atoms with van der Waals surface area (Å²) in [6.45, 7) is 0. The molecular formula is C16H19NO. The summed E-state index contributed by atoms with van der Waals surface area (Å²) in [6.07, 6.45) is 8.01. The quantitative estimate of drug-likeness (QED) is 0.752. The van der Waals surface area contributed by atoms with Crippen molar-refractivity contribution in [1.29, 1.82) is 0 Å². The van der Waals surface area contributed by atoms with Crippen LogP contribution in [0.1, 0.15) is 43.2 Å². The molecule has 0 bridgehead atoms. The van der Waals surface area contributed by atoms with Crippen molar-refractivity contribution in [3.63, 3.8) is 0 Å². The number of likely N-dealkylation sites (N-methyl/N-ethyl adjacent to an activating group) is 1. The Bertz CT molecular complexity index is 510. The van der Waals surface area contributed by atoms with Gasteiger partial charge in [0.25, 0.3) is 0 Å². The van der Waals surface area contributed by atoms with Crippen LogP contribution in [0.5, 0.6) is 0 Å². The summed E-state index contributed by atoms with van der Waals surface area (Å²) < 4.78 is 0. The monoisotopic (exact) mass is 241 g/mol. The normalized spacial score (nSPS) is 22.4. The molecule has 18 heavy (non-hydrogen) atoms. The number of rotatable bonds is 1. The van der Waals surface area contributed by atoms with Crippen molar-refractivity contribution in [2.24, 2.45) is 0 Å². The van der Waals surface area contributed by atoms with Gasteiger partial charge in [0.2, 0.25) is 5.91 Å². The van der Waals surface area contributed by atoms with Crippen molar-refractivity contribution in [2.75, 3.05) is 7.05 Å². The lowest BCUT2D eigenvalue weighted by molar-refractivity contribution is -0.116. The Kier molecular flexibility index (Phi) is 2.73. The van der Waals surface area contributed by atoms with Crippen molar-refractivity contribution in [1.82, 2.24) is 5.32 Å². The summed E-state index contributed by atoms with van der Waals surface area (Å²) in [7, 11) is 1.69. The van der Waals surface area contributed by atoms with Crippen molar-refractivity contribution < 1.29 is 4.79 Å². The van der Waals surface area contributed by atoms with Crippen LogP contribution in [0.2, 0.25) is 0 Å². The molecule has 1 amide bonds. The second-order valence-electron chi connectivity index (χ2n) is 5.49. The average molecular weight is 241 g/mol. The summed E-state index contributed by atoms with van der Waals surface area (Å²) >= 11 is 0. The largest absolute Gasteiger partial charge is 0.356 e. The molecule has 2 aliphatic rings. The number of hydrogen-bond donors (Lipinski definition) is 1. The third kappa shape index (κ3) is 1.67. The van der Waals surface area contributed by atoms with E-state index in [9.17, 15) is 4.79 Å². The molecule has 0 unspecified atom stereocenters. The topological polar surface area (TPSA) is 29.1 Å². The highest BCUT2D eigenvalue weighted by molar-refractivity contribution is 5.96. The van der Waals surface area contributed by atoms with Gasteiger partial charge in [-0.05, 0) is 41.4 Å². The van der Waals surface area contributed by atoms with Gasteiger partial charge in [-0.3, -0.25) is 4.79 Å². The minimum Gasteiger partial charge on any atom is -0.356 e. The van der Waals surface area contributed by atoms with E-state index in [1.807, 2.05) is 0 Å². The highest BCUT2D eigenvalue weighted by Gasteiger charge is 2.42. The first kappa shape index (κ1) is 11.5. The Balaban J connectivity index is 2.07. The average Bonchev–Trinajstić information content (AvgIpc) is 2.98. The van der Waals surface area contributed by atoms with Crippen LogP contribution in [-0.2, 0) is 10.2 Å². The highest BCUT2D eigenvalue weighted by Crippen LogP contribution is 2.54. The molecule has 0 aromatic heterocycles. The van der Waals surface area contributed by atoms with E-state index >= 15 is 0 Å². The number of carbonyl (C=O) groups is 1. The van der Waals surface area contributed by atoms with E-state index in [0.29, 0.717) is 5.41 Å². The molecule has 94 valence electrons. The molecule has 2 aliphatic carbocycles. The summed E-state index contributed by atoms with van der Waals surface area (Å²) in [5, 5.41) is 2.69. The molecule has 0 radical (unpaired) electrons. The fourth-order valence-corrected chi connectivity index (χ4v) is 3.64. The maximum absolute atomic E-state index is 11.6. The van der Waals surface area contributed by atoms with E-state index in [1.165, 1.54) is 42.4 Å². The number of fused-ring (bicyclic) bond motifs is 2. The summed E-state index contributed by atoms with van der Waals surface area (Å²) in [4.78, 5) is 11.6. The smallest absolute Gasteiger partial charge is 0.244 e. The van der Waals surface area contributed by atoms with Crippen LogP contribution in [0.25, 0.3) is 5.57 Å². The first-order valence-corrected chi connectivity index (χ1v) is 6.77. The third-order valence-corrected chi connectivity index (χ3v) is 4.49. The maximum atomic E-state index is 11.6. The zero-order valence-corrected chi connectivity index (χ0v) is 10.8. The summed E-state index contributed by atoms with van der Waals surface area (Å²) in [5.41, 5.74) is 4.31. The van der Waals surface area contributed by atoms with Gasteiger partial charge < -0.3 is 5.32 Å². The molecule has 1 fully saturated rings. The Morgan fingerprint density at radius 1 is 1.28 bits per heavy atom. The van der Waals surface area contributed by atoms with Crippen LogP contribution < -0.4 is 5.32 Å². The van der Waals surface area contributed by atoms with E-state index in [4.69, 9.17) is 0 Å². The summed E-state index contributed by atoms with van der Waals surface area (Å²) in [6, 6.07) is 8.62. The van der Waals surface area contributed by atoms with Crippen LogP contribution in [0.15, 0.2) is 30.3 Å². The van der Waals surface area contributed by atoms with Crippen molar-refractivity contribution in [3.8, 4) is 0 Å². The van der Waals surface area contributed by atoms with Crippen LogP contribution in [0, 0.1) is 0 Å². The number of allylic oxidation sites excluding steroid dienone is 1. The molecule has 0 aliphatic heterocycles. The van der Waals surface area contributed by atoms with Gasteiger partial charge in [-0.15, -0.1) is 0 Å². The molecule has 0 saturated heterocycles. The molecule has 1 N–H and O–H groups in total. The molecule has 2 heteroatoms. The Morgan fingerprint density at radius 3 is 2.72 bits per heavy atom. The predicted molar refractivity (Wildman–Crippen MR) is 73.2 cm³/mol. The molecule has 1 aromatic rings. The molecular weight excluding hydrogens is 222 g/mol. The molecule has 1 saturated carbocycles. The second-order valence-corrected chi connectivity index (χ2v) is 5.49. The fourth-order valence-electron chi connectivity index (χ4n) is 3.64. The van der Waals surface area contributed by atoms with Crippen molar-refractivity contribution >= 4 is 11.5 Å². The van der Waals surface area contributed by atoms with E-state index in [1.54, 1.807) is 13.1 Å². The predicted octanol–water partition coefficient (Wildman–Crippen LogP) is 3.03. The van der Waals surface area contributed by atoms with Crippen molar-refractivity contribution in [2.45, 2.75) is 37.5 Å². The van der Waals surface area contributed by atoms with Gasteiger partial charge in [-0.2, -0.15) is 0 Å². The van der Waals surface area contributed by atoms with E-state index in [0.717, 1.165) is 6.42 Å². The fraction of sp³-hybridized carbons (Fsp3) is 0.438. The number of benzene rings is 1. The standard InChI is InChI=1S/C16H19NO/c1-17-15(18)10-12-11-16(8-4-5-9-16)14-7-3-2-6-13(12)14/h2-3,6-7,10H,4-5,8-9,11H2,1H3,(H,17,18). The van der Waals surface area contributed by atoms with Crippen LogP contribution in [-0.4, -0.2) is 13.0 Å². The SMILES string of the molecule is CNC(=O)C=C1CC2(CCCC2)c2ccccc21. The number of hydrogen-bond acceptors (Lipinski definition) is 1. The first-order valence-electron chi connectivity index (χ1n) is 6.77. The summed E-state index contributed by atoms with van der Waals surface area (Å²) in [5.74, 6) is 0.00912. The van der Waals surface area contributed by atoms with Crippen LogP contribution in [0.4, 0.5) is 0 Å². The molecule has 0 atom stereocenters. The molecule has 0 heterocycles. The zero-order chi connectivity index (χ0) is 12.6. The first-order chi connectivity index (χ1) is 8.75. The minimum atomic E-state index is 0.00912. The minimum absolute atomic E-state index is 0.00912. The molecule has 3 rings (SSSR count). The van der Waals surface area contributed by atoms with Gasteiger partial charge in [0.1, 0.15) is 0 Å². The van der Waals surface area contributed by atoms with Gasteiger partial charge in [0, 0.05) is 13.1 Å². The lowest BCUT2D eigenvalue weighted by Gasteiger charge is -2.23. The van der Waals surface area contributed by atoms with Gasteiger partial charge >= 0.3 is 0 Å². The molecule has 2 nitrogen and oxygen atoms in total. The Labute approximate surface area is 108 Å². The molecule has 1 spiro atoms. The number of amides is 1. The van der Waals surface area contributed by atoms with E-state index in [2.05, 4.69) is 29.6 Å². The Hall–Kier alpha value is -1.57. The number of carbonyl (C=O) groups excluding carboxylic acids is 1. The highest BCUT2D eigenvalue weighted by atomic mass is 16.1. The van der Waals surface area contributed by atoms with Crippen LogP contribution >= 0.6 is 0 Å². The van der Waals surface area contributed by atoms with E-state index in [-0.39, 0.29) is 5.91 Å². The van der Waals surface area contributed by atoms with Gasteiger partial charge in [0.05, 0.1) is 0 Å². The van der Waals surface area contributed by atoms with Gasteiger partial charge in [0.15, 0.2) is 0 Å². The van der Waals surface area contributed by atoms with Crippen LogP contribution in [0.3, 0.4) is 0 Å². The zero-order valence-electron chi connectivity index (χ0n) is 10.8. The van der Waals surface area contributed by atoms with Gasteiger partial charge in [-0.25, -0.2) is 0 Å². The number of nitrogens with one attached hydrogen (secondary N) is 1. The third-order valence-electron chi connectivity index (χ3n) is 4.49. The maximum Gasteiger partial charge on any atom is 0.244 e. The molecule has 1 aromatic carbocycles. The van der Waals surface area contributed by atoms with Crippen molar-refractivity contribution in [3.05, 3.63) is 41.5 Å². The lowest BCUT2D eigenvalue weighted by atomic mass is 9.80.